The van der Waals surface area contributed by atoms with Crippen LogP contribution in [0.4, 0.5) is 5.69 Å². The van der Waals surface area contributed by atoms with Crippen LogP contribution in [-0.4, -0.2) is 22.7 Å². The topological polar surface area (TPSA) is 81.5 Å². The molecule has 0 aliphatic rings. The smallest absolute Gasteiger partial charge is 0.408 e. The Hall–Kier alpha value is -2.83. The number of likely N-dealkylation sites (N-methyl/N-ethyl adjacent to an activating group) is 1. The van der Waals surface area contributed by atoms with Gasteiger partial charge in [-0.15, -0.1) is 0 Å². The van der Waals surface area contributed by atoms with Crippen molar-refractivity contribution in [3.05, 3.63) is 46.3 Å². The average molecular weight is 301 g/mol. The quantitative estimate of drug-likeness (QED) is 0.737. The zero-order valence-corrected chi connectivity index (χ0v) is 12.5. The van der Waals surface area contributed by atoms with E-state index < -0.39 is 5.76 Å². The molecule has 1 aromatic carbocycles. The second kappa shape index (κ2) is 5.18. The zero-order valence-electron chi connectivity index (χ0n) is 12.5. The predicted molar refractivity (Wildman–Crippen MR) is 79.9 cm³/mol. The minimum absolute atomic E-state index is 0.115. The lowest BCUT2D eigenvalue weighted by atomic mass is 10.3. The number of amides is 1. The van der Waals surface area contributed by atoms with E-state index in [1.165, 1.54) is 9.47 Å². The molecule has 2 heterocycles. The molecule has 3 aromatic rings. The molecule has 0 fully saturated rings. The molecular weight excluding hydrogens is 286 g/mol. The third-order valence-corrected chi connectivity index (χ3v) is 3.57. The Morgan fingerprint density at radius 1 is 1.32 bits per heavy atom. The third-order valence-electron chi connectivity index (χ3n) is 3.57. The number of carbonyl (C=O) groups is 1. The number of aromatic nitrogens is 2. The molecule has 0 unspecified atom stereocenters. The Morgan fingerprint density at radius 3 is 2.73 bits per heavy atom. The summed E-state index contributed by atoms with van der Waals surface area (Å²) in [4.78, 5) is 25.8. The largest absolute Gasteiger partial charge is 0.420 e. The van der Waals surface area contributed by atoms with Gasteiger partial charge in [0, 0.05) is 7.05 Å². The molecule has 0 N–H and O–H groups in total. The molecule has 0 saturated carbocycles. The van der Waals surface area contributed by atoms with E-state index in [-0.39, 0.29) is 12.5 Å². The van der Waals surface area contributed by atoms with Crippen LogP contribution in [0.2, 0.25) is 0 Å². The Bertz CT molecular complexity index is 884. The van der Waals surface area contributed by atoms with E-state index in [0.29, 0.717) is 28.2 Å². The molecule has 22 heavy (non-hydrogen) atoms. The summed E-state index contributed by atoms with van der Waals surface area (Å²) in [6.45, 7) is 3.38. The Labute approximate surface area is 125 Å². The first-order valence-electron chi connectivity index (χ1n) is 6.77. The van der Waals surface area contributed by atoms with Gasteiger partial charge in [0.15, 0.2) is 11.3 Å². The van der Waals surface area contributed by atoms with Gasteiger partial charge < -0.3 is 13.8 Å². The Balaban J connectivity index is 1.94. The van der Waals surface area contributed by atoms with Gasteiger partial charge in [0.1, 0.15) is 17.9 Å². The van der Waals surface area contributed by atoms with Crippen molar-refractivity contribution in [3.8, 4) is 0 Å². The Kier molecular flexibility index (Phi) is 3.32. The van der Waals surface area contributed by atoms with Gasteiger partial charge in [-0.25, -0.2) is 4.79 Å². The van der Waals surface area contributed by atoms with Crippen molar-refractivity contribution in [3.63, 3.8) is 0 Å². The molecule has 7 nitrogen and oxygen atoms in total. The van der Waals surface area contributed by atoms with Crippen LogP contribution in [0.15, 0.2) is 38.0 Å². The van der Waals surface area contributed by atoms with Crippen LogP contribution in [-0.2, 0) is 11.3 Å². The lowest BCUT2D eigenvalue weighted by Crippen LogP contribution is -2.33. The van der Waals surface area contributed by atoms with Crippen LogP contribution in [0.1, 0.15) is 11.5 Å². The molecule has 0 aliphatic carbocycles. The number of oxazole rings is 1. The third kappa shape index (κ3) is 2.20. The monoisotopic (exact) mass is 301 g/mol. The van der Waals surface area contributed by atoms with Gasteiger partial charge in [0.2, 0.25) is 5.91 Å². The summed E-state index contributed by atoms with van der Waals surface area (Å²) in [5, 5.41) is 3.83. The minimum Gasteiger partial charge on any atom is -0.408 e. The van der Waals surface area contributed by atoms with E-state index in [0.717, 1.165) is 0 Å². The molecular formula is C15H15N3O4. The van der Waals surface area contributed by atoms with Gasteiger partial charge in [-0.3, -0.25) is 9.36 Å². The summed E-state index contributed by atoms with van der Waals surface area (Å²) in [7, 11) is 1.63. The summed E-state index contributed by atoms with van der Waals surface area (Å²) >= 11 is 0. The van der Waals surface area contributed by atoms with Crippen LogP contribution >= 0.6 is 0 Å². The summed E-state index contributed by atoms with van der Waals surface area (Å²) in [6.07, 6.45) is 0. The fraction of sp³-hybridized carbons (Fsp3) is 0.267. The number of aryl methyl sites for hydroxylation is 2. The van der Waals surface area contributed by atoms with E-state index in [9.17, 15) is 9.59 Å². The number of benzene rings is 1. The predicted octanol–water partition coefficient (Wildman–Crippen LogP) is 1.86. The van der Waals surface area contributed by atoms with E-state index in [1.54, 1.807) is 45.2 Å². The van der Waals surface area contributed by atoms with Crippen LogP contribution < -0.4 is 10.7 Å². The molecule has 0 spiro atoms. The summed E-state index contributed by atoms with van der Waals surface area (Å²) in [6, 6.07) is 6.99. The van der Waals surface area contributed by atoms with Crippen molar-refractivity contribution in [2.24, 2.45) is 0 Å². The number of nitrogens with zero attached hydrogens (tertiary/aromatic N) is 3. The van der Waals surface area contributed by atoms with Gasteiger partial charge in [0.25, 0.3) is 0 Å². The molecule has 2 aromatic heterocycles. The van der Waals surface area contributed by atoms with Crippen LogP contribution in [0.25, 0.3) is 11.1 Å². The fourth-order valence-corrected chi connectivity index (χ4v) is 2.49. The maximum Gasteiger partial charge on any atom is 0.420 e. The SMILES string of the molecule is Cc1noc(C)c1N(C)C(=O)Cn1c(=O)oc2ccccc21. The second-order valence-corrected chi connectivity index (χ2v) is 5.05. The lowest BCUT2D eigenvalue weighted by molar-refractivity contribution is -0.118. The number of anilines is 1. The lowest BCUT2D eigenvalue weighted by Gasteiger charge is -2.16. The normalized spacial score (nSPS) is 11.0. The van der Waals surface area contributed by atoms with Crippen LogP contribution in [0.5, 0.6) is 0 Å². The molecule has 0 atom stereocenters. The van der Waals surface area contributed by atoms with Crippen LogP contribution in [0, 0.1) is 13.8 Å². The molecule has 0 radical (unpaired) electrons. The van der Waals surface area contributed by atoms with Crippen molar-refractivity contribution >= 4 is 22.7 Å². The Morgan fingerprint density at radius 2 is 2.05 bits per heavy atom. The summed E-state index contributed by atoms with van der Waals surface area (Å²) < 4.78 is 11.5. The van der Waals surface area contributed by atoms with Gasteiger partial charge in [-0.05, 0) is 26.0 Å². The molecule has 0 aliphatic heterocycles. The number of hydrogen-bond donors (Lipinski definition) is 0. The van der Waals surface area contributed by atoms with Gasteiger partial charge in [0.05, 0.1) is 5.52 Å². The molecule has 0 saturated heterocycles. The number of hydrogen-bond acceptors (Lipinski definition) is 5. The number of para-hydroxylation sites is 2. The van der Waals surface area contributed by atoms with Gasteiger partial charge in [-0.1, -0.05) is 17.3 Å². The van der Waals surface area contributed by atoms with Gasteiger partial charge in [-0.2, -0.15) is 0 Å². The first-order valence-corrected chi connectivity index (χ1v) is 6.77. The highest BCUT2D eigenvalue weighted by atomic mass is 16.5. The maximum atomic E-state index is 12.5. The minimum atomic E-state index is -0.554. The highest BCUT2D eigenvalue weighted by molar-refractivity contribution is 5.94. The van der Waals surface area contributed by atoms with Crippen molar-refractivity contribution in [2.45, 2.75) is 20.4 Å². The second-order valence-electron chi connectivity index (χ2n) is 5.05. The van der Waals surface area contributed by atoms with Crippen molar-refractivity contribution in [2.75, 3.05) is 11.9 Å². The summed E-state index contributed by atoms with van der Waals surface area (Å²) in [5.74, 6) is -0.262. The van der Waals surface area contributed by atoms with E-state index in [4.69, 9.17) is 8.94 Å². The zero-order chi connectivity index (χ0) is 15.9. The highest BCUT2D eigenvalue weighted by Crippen LogP contribution is 2.23. The molecule has 1 amide bonds. The number of carbonyl (C=O) groups excluding carboxylic acids is 1. The fourth-order valence-electron chi connectivity index (χ4n) is 2.49. The van der Waals surface area contributed by atoms with E-state index in [1.807, 2.05) is 0 Å². The first kappa shape index (κ1) is 14.1. The van der Waals surface area contributed by atoms with Crippen molar-refractivity contribution in [1.82, 2.24) is 9.72 Å². The highest BCUT2D eigenvalue weighted by Gasteiger charge is 2.21. The number of rotatable bonds is 3. The van der Waals surface area contributed by atoms with Crippen molar-refractivity contribution in [1.29, 1.82) is 0 Å². The maximum absolute atomic E-state index is 12.5. The molecule has 7 heteroatoms. The summed E-state index contributed by atoms with van der Waals surface area (Å²) in [5.41, 5.74) is 2.29. The first-order chi connectivity index (χ1) is 10.5. The van der Waals surface area contributed by atoms with E-state index in [2.05, 4.69) is 5.16 Å². The number of fused-ring (bicyclic) bond motifs is 1. The standard InChI is InChI=1S/C15H15N3O4/c1-9-14(10(2)22-16-9)17(3)13(19)8-18-11-6-4-5-7-12(11)21-15(18)20/h4-7H,8H2,1-3H3. The van der Waals surface area contributed by atoms with Crippen LogP contribution in [0.3, 0.4) is 0 Å². The molecule has 114 valence electrons. The van der Waals surface area contributed by atoms with Crippen molar-refractivity contribution < 1.29 is 13.7 Å². The van der Waals surface area contributed by atoms with E-state index >= 15 is 0 Å². The molecule has 0 bridgehead atoms. The van der Waals surface area contributed by atoms with Gasteiger partial charge >= 0.3 is 5.76 Å². The average Bonchev–Trinajstić information content (AvgIpc) is 2.99. The molecule has 3 rings (SSSR count).